The van der Waals surface area contributed by atoms with Crippen molar-refractivity contribution >= 4 is 16.8 Å². The van der Waals surface area contributed by atoms with E-state index in [-0.39, 0.29) is 17.9 Å². The van der Waals surface area contributed by atoms with Gasteiger partial charge in [-0.05, 0) is 6.42 Å². The van der Waals surface area contributed by atoms with Crippen molar-refractivity contribution in [2.24, 2.45) is 0 Å². The second-order valence-corrected chi connectivity index (χ2v) is 3.48. The van der Waals surface area contributed by atoms with E-state index in [4.69, 9.17) is 0 Å². The third-order valence-electron chi connectivity index (χ3n) is 1.01. The number of hydrogen-bond donors (Lipinski definition) is 0. The molecule has 0 rings (SSSR count). The van der Waals surface area contributed by atoms with E-state index >= 15 is 0 Å². The van der Waals surface area contributed by atoms with Crippen LogP contribution in [0.3, 0.4) is 0 Å². The van der Waals surface area contributed by atoms with Crippen LogP contribution in [0.2, 0.25) is 0 Å². The van der Waals surface area contributed by atoms with E-state index in [1.807, 2.05) is 0 Å². The molecule has 0 spiro atoms. The normalized spacial score (nSPS) is 12.5. The number of methoxy groups -OCH3 is 1. The van der Waals surface area contributed by atoms with Gasteiger partial charge in [0.05, 0.1) is 13.8 Å². The molecule has 0 aliphatic carbocycles. The van der Waals surface area contributed by atoms with Crippen LogP contribution >= 0.6 is 0 Å². The van der Waals surface area contributed by atoms with Gasteiger partial charge in [0.25, 0.3) is 0 Å². The van der Waals surface area contributed by atoms with E-state index in [2.05, 4.69) is 4.74 Å². The SMILES string of the molecule is COC(=O)CS(=O)CCCF. The van der Waals surface area contributed by atoms with Gasteiger partial charge in [0.2, 0.25) is 0 Å². The number of carbonyl (C=O) groups excluding carboxylic acids is 1. The summed E-state index contributed by atoms with van der Waals surface area (Å²) in [5.41, 5.74) is 0. The van der Waals surface area contributed by atoms with Gasteiger partial charge in [-0.2, -0.15) is 0 Å². The minimum atomic E-state index is -1.26. The number of carbonyl (C=O) groups is 1. The molecule has 1 atom stereocenters. The van der Waals surface area contributed by atoms with Crippen molar-refractivity contribution in [3.05, 3.63) is 0 Å². The fourth-order valence-corrected chi connectivity index (χ4v) is 1.43. The zero-order valence-electron chi connectivity index (χ0n) is 6.34. The molecule has 0 aliphatic rings. The highest BCUT2D eigenvalue weighted by Crippen LogP contribution is 1.89. The van der Waals surface area contributed by atoms with Crippen LogP contribution in [0.5, 0.6) is 0 Å². The largest absolute Gasteiger partial charge is 0.468 e. The molecule has 0 aromatic rings. The van der Waals surface area contributed by atoms with Gasteiger partial charge in [0, 0.05) is 16.6 Å². The third kappa shape index (κ3) is 5.97. The molecule has 0 saturated carbocycles. The Hall–Kier alpha value is -0.450. The summed E-state index contributed by atoms with van der Waals surface area (Å²) in [6.07, 6.45) is 0.240. The lowest BCUT2D eigenvalue weighted by atomic mass is 10.6. The Morgan fingerprint density at radius 3 is 2.73 bits per heavy atom. The predicted octanol–water partition coefficient (Wildman–Crippen LogP) is 0.268. The van der Waals surface area contributed by atoms with Crippen LogP contribution in [0.1, 0.15) is 6.42 Å². The monoisotopic (exact) mass is 182 g/mol. The lowest BCUT2D eigenvalue weighted by Crippen LogP contribution is -2.14. The average molecular weight is 182 g/mol. The number of rotatable bonds is 5. The van der Waals surface area contributed by atoms with Crippen LogP contribution in [-0.4, -0.2) is 35.5 Å². The molecule has 0 amide bonds. The summed E-state index contributed by atoms with van der Waals surface area (Å²) in [5.74, 6) is -0.413. The van der Waals surface area contributed by atoms with Crippen LogP contribution < -0.4 is 0 Å². The van der Waals surface area contributed by atoms with E-state index in [0.29, 0.717) is 0 Å². The summed E-state index contributed by atoms with van der Waals surface area (Å²) in [7, 11) is -0.0336. The minimum Gasteiger partial charge on any atom is -0.468 e. The summed E-state index contributed by atoms with van der Waals surface area (Å²) in [6.45, 7) is -0.493. The average Bonchev–Trinajstić information content (AvgIpc) is 2.00. The first-order valence-corrected chi connectivity index (χ1v) is 4.67. The highest BCUT2D eigenvalue weighted by atomic mass is 32.2. The van der Waals surface area contributed by atoms with Crippen molar-refractivity contribution in [3.8, 4) is 0 Å². The molecule has 5 heteroatoms. The van der Waals surface area contributed by atoms with Gasteiger partial charge in [-0.3, -0.25) is 13.4 Å². The molecular formula is C6H11FO3S. The molecule has 66 valence electrons. The first-order chi connectivity index (χ1) is 5.20. The number of esters is 1. The van der Waals surface area contributed by atoms with Crippen LogP contribution in [0.25, 0.3) is 0 Å². The molecule has 3 nitrogen and oxygen atoms in total. The number of ether oxygens (including phenoxy) is 1. The molecule has 0 bridgehead atoms. The topological polar surface area (TPSA) is 43.4 Å². The molecule has 1 unspecified atom stereocenters. The molecular weight excluding hydrogens is 171 g/mol. The fourth-order valence-electron chi connectivity index (χ4n) is 0.478. The van der Waals surface area contributed by atoms with Gasteiger partial charge in [0.15, 0.2) is 0 Å². The Morgan fingerprint density at radius 1 is 1.64 bits per heavy atom. The highest BCUT2D eigenvalue weighted by Gasteiger charge is 2.06. The van der Waals surface area contributed by atoms with E-state index in [1.165, 1.54) is 7.11 Å². The maximum absolute atomic E-state index is 11.5. The third-order valence-corrected chi connectivity index (χ3v) is 2.31. The second kappa shape index (κ2) is 6.27. The number of hydrogen-bond acceptors (Lipinski definition) is 3. The first-order valence-electron chi connectivity index (χ1n) is 3.18. The maximum Gasteiger partial charge on any atom is 0.318 e. The van der Waals surface area contributed by atoms with Gasteiger partial charge >= 0.3 is 5.97 Å². The smallest absolute Gasteiger partial charge is 0.318 e. The number of halogens is 1. The van der Waals surface area contributed by atoms with E-state index in [0.717, 1.165) is 0 Å². The maximum atomic E-state index is 11.5. The zero-order chi connectivity index (χ0) is 8.69. The standard InChI is InChI=1S/C6H11FO3S/c1-10-6(8)5-11(9)4-2-3-7/h2-5H2,1H3. The molecule has 11 heavy (non-hydrogen) atoms. The van der Waals surface area contributed by atoms with Crippen molar-refractivity contribution in [3.63, 3.8) is 0 Å². The van der Waals surface area contributed by atoms with Crippen molar-refractivity contribution in [2.75, 3.05) is 25.3 Å². The molecule has 0 heterocycles. The van der Waals surface area contributed by atoms with Crippen LogP contribution in [0, 0.1) is 0 Å². The highest BCUT2D eigenvalue weighted by molar-refractivity contribution is 7.85. The Balaban J connectivity index is 3.44. The molecule has 0 N–H and O–H groups in total. The quantitative estimate of drug-likeness (QED) is 0.573. The lowest BCUT2D eigenvalue weighted by Gasteiger charge is -1.97. The Kier molecular flexibility index (Phi) is 6.02. The summed E-state index contributed by atoms with van der Waals surface area (Å²) in [5, 5.41) is 0. The summed E-state index contributed by atoms with van der Waals surface area (Å²) in [4.78, 5) is 10.5. The summed E-state index contributed by atoms with van der Waals surface area (Å²) in [6, 6.07) is 0. The second-order valence-electron chi connectivity index (χ2n) is 1.91. The van der Waals surface area contributed by atoms with Gasteiger partial charge in [0.1, 0.15) is 5.75 Å². The molecule has 0 fully saturated rings. The molecule has 0 aromatic carbocycles. The van der Waals surface area contributed by atoms with Crippen LogP contribution in [0.4, 0.5) is 4.39 Å². The Morgan fingerprint density at radius 2 is 2.27 bits per heavy atom. The minimum absolute atomic E-state index is 0.128. The van der Waals surface area contributed by atoms with Crippen LogP contribution in [0.15, 0.2) is 0 Å². The van der Waals surface area contributed by atoms with E-state index in [9.17, 15) is 13.4 Å². The Labute approximate surface area is 67.4 Å². The van der Waals surface area contributed by atoms with Crippen LogP contribution in [-0.2, 0) is 20.3 Å². The van der Waals surface area contributed by atoms with Crippen molar-refractivity contribution < 1.29 is 18.1 Å². The lowest BCUT2D eigenvalue weighted by molar-refractivity contribution is -0.137. The van der Waals surface area contributed by atoms with Gasteiger partial charge in [-0.15, -0.1) is 0 Å². The molecule has 0 aliphatic heterocycles. The first kappa shape index (κ1) is 10.6. The van der Waals surface area contributed by atoms with Gasteiger partial charge in [-0.25, -0.2) is 0 Å². The number of alkyl halides is 1. The summed E-state index contributed by atoms with van der Waals surface area (Å²) < 4.78 is 26.6. The molecule has 0 radical (unpaired) electrons. The van der Waals surface area contributed by atoms with Crippen molar-refractivity contribution in [1.29, 1.82) is 0 Å². The molecule has 0 aromatic heterocycles. The summed E-state index contributed by atoms with van der Waals surface area (Å²) >= 11 is 0. The molecule has 0 saturated heterocycles. The Bertz CT molecular complexity index is 149. The van der Waals surface area contributed by atoms with Gasteiger partial charge < -0.3 is 4.74 Å². The van der Waals surface area contributed by atoms with E-state index < -0.39 is 23.4 Å². The van der Waals surface area contributed by atoms with E-state index in [1.54, 1.807) is 0 Å². The zero-order valence-corrected chi connectivity index (χ0v) is 7.16. The van der Waals surface area contributed by atoms with Crippen molar-refractivity contribution in [1.82, 2.24) is 0 Å². The van der Waals surface area contributed by atoms with Gasteiger partial charge in [-0.1, -0.05) is 0 Å². The predicted molar refractivity (Wildman–Crippen MR) is 40.5 cm³/mol. The fraction of sp³-hybridized carbons (Fsp3) is 0.833. The van der Waals surface area contributed by atoms with Crippen molar-refractivity contribution in [2.45, 2.75) is 6.42 Å².